The van der Waals surface area contributed by atoms with Crippen molar-refractivity contribution < 1.29 is 18.9 Å². The molecule has 2 aromatic carbocycles. The van der Waals surface area contributed by atoms with Gasteiger partial charge in [0.15, 0.2) is 11.5 Å². The SMILES string of the molecule is CNCc1ccc(OC)c(OCCOc2ccc(OC)cc2C(C)(C)C)c1. The van der Waals surface area contributed by atoms with Crippen LogP contribution in [-0.2, 0) is 12.0 Å². The van der Waals surface area contributed by atoms with Crippen LogP contribution in [0.1, 0.15) is 31.9 Å². The summed E-state index contributed by atoms with van der Waals surface area (Å²) in [5.74, 6) is 3.12. The number of ether oxygens (including phenoxy) is 4. The summed E-state index contributed by atoms with van der Waals surface area (Å²) < 4.78 is 22.6. The van der Waals surface area contributed by atoms with E-state index in [0.717, 1.165) is 40.7 Å². The van der Waals surface area contributed by atoms with Gasteiger partial charge in [0.2, 0.25) is 0 Å². The van der Waals surface area contributed by atoms with E-state index in [2.05, 4.69) is 26.1 Å². The molecular weight excluding hydrogens is 342 g/mol. The summed E-state index contributed by atoms with van der Waals surface area (Å²) in [6.45, 7) is 8.11. The van der Waals surface area contributed by atoms with Crippen LogP contribution < -0.4 is 24.3 Å². The summed E-state index contributed by atoms with van der Waals surface area (Å²) in [4.78, 5) is 0. The lowest BCUT2D eigenvalue weighted by atomic mass is 9.86. The van der Waals surface area contributed by atoms with Crippen LogP contribution in [0.2, 0.25) is 0 Å². The van der Waals surface area contributed by atoms with Crippen LogP contribution in [0, 0.1) is 0 Å². The van der Waals surface area contributed by atoms with Crippen LogP contribution in [0.4, 0.5) is 0 Å². The molecule has 2 aromatic rings. The lowest BCUT2D eigenvalue weighted by molar-refractivity contribution is 0.208. The molecule has 1 N–H and O–H groups in total. The summed E-state index contributed by atoms with van der Waals surface area (Å²) >= 11 is 0. The predicted molar refractivity (Wildman–Crippen MR) is 108 cm³/mol. The number of rotatable bonds is 9. The van der Waals surface area contributed by atoms with E-state index in [4.69, 9.17) is 18.9 Å². The average Bonchev–Trinajstić information content (AvgIpc) is 2.65. The smallest absolute Gasteiger partial charge is 0.161 e. The molecule has 2 rings (SSSR count). The van der Waals surface area contributed by atoms with E-state index < -0.39 is 0 Å². The monoisotopic (exact) mass is 373 g/mol. The molecule has 0 atom stereocenters. The maximum atomic E-state index is 6.00. The Hall–Kier alpha value is -2.40. The summed E-state index contributed by atoms with van der Waals surface area (Å²) in [5, 5.41) is 3.14. The Bertz CT molecular complexity index is 738. The molecule has 27 heavy (non-hydrogen) atoms. The van der Waals surface area contributed by atoms with Crippen LogP contribution in [0.15, 0.2) is 36.4 Å². The second kappa shape index (κ2) is 9.51. The van der Waals surface area contributed by atoms with Crippen molar-refractivity contribution in [2.45, 2.75) is 32.7 Å². The third-order valence-corrected chi connectivity index (χ3v) is 4.20. The number of methoxy groups -OCH3 is 2. The van der Waals surface area contributed by atoms with E-state index in [9.17, 15) is 0 Å². The number of nitrogens with one attached hydrogen (secondary N) is 1. The van der Waals surface area contributed by atoms with Crippen molar-refractivity contribution in [3.05, 3.63) is 47.5 Å². The minimum atomic E-state index is -0.0462. The van der Waals surface area contributed by atoms with Gasteiger partial charge in [0.1, 0.15) is 24.7 Å². The minimum Gasteiger partial charge on any atom is -0.497 e. The van der Waals surface area contributed by atoms with Gasteiger partial charge in [-0.15, -0.1) is 0 Å². The Labute approximate surface area is 162 Å². The van der Waals surface area contributed by atoms with E-state index >= 15 is 0 Å². The molecular formula is C22H31NO4. The van der Waals surface area contributed by atoms with Gasteiger partial charge in [-0.1, -0.05) is 26.8 Å². The Morgan fingerprint density at radius 1 is 0.815 bits per heavy atom. The van der Waals surface area contributed by atoms with E-state index in [1.165, 1.54) is 0 Å². The van der Waals surface area contributed by atoms with E-state index in [1.807, 2.05) is 43.4 Å². The van der Waals surface area contributed by atoms with E-state index in [1.54, 1.807) is 14.2 Å². The van der Waals surface area contributed by atoms with Gasteiger partial charge in [-0.25, -0.2) is 0 Å². The Kier molecular flexibility index (Phi) is 7.36. The highest BCUT2D eigenvalue weighted by Gasteiger charge is 2.20. The Morgan fingerprint density at radius 3 is 2.07 bits per heavy atom. The standard InChI is InChI=1S/C22H31NO4/c1-22(2,3)18-14-17(24-5)8-10-19(18)26-11-12-27-21-13-16(15-23-4)7-9-20(21)25-6/h7-10,13-14,23H,11-12,15H2,1-6H3. The maximum Gasteiger partial charge on any atom is 0.161 e. The molecule has 0 amide bonds. The van der Waals surface area contributed by atoms with Crippen molar-refractivity contribution in [1.29, 1.82) is 0 Å². The molecule has 0 aliphatic rings. The Balaban J connectivity index is 2.02. The third kappa shape index (κ3) is 5.79. The van der Waals surface area contributed by atoms with Crippen molar-refractivity contribution in [2.75, 3.05) is 34.5 Å². The zero-order valence-electron chi connectivity index (χ0n) is 17.2. The van der Waals surface area contributed by atoms with Gasteiger partial charge in [0, 0.05) is 12.1 Å². The highest BCUT2D eigenvalue weighted by atomic mass is 16.5. The van der Waals surface area contributed by atoms with Crippen LogP contribution in [0.5, 0.6) is 23.0 Å². The predicted octanol–water partition coefficient (Wildman–Crippen LogP) is 4.18. The van der Waals surface area contributed by atoms with Gasteiger partial charge in [-0.05, 0) is 48.4 Å². The molecule has 0 aliphatic heterocycles. The third-order valence-electron chi connectivity index (χ3n) is 4.20. The molecule has 0 saturated heterocycles. The molecule has 0 aliphatic carbocycles. The molecule has 0 aromatic heterocycles. The van der Waals surface area contributed by atoms with Crippen molar-refractivity contribution in [3.63, 3.8) is 0 Å². The first kappa shape index (κ1) is 20.9. The first-order chi connectivity index (χ1) is 12.9. The second-order valence-corrected chi connectivity index (χ2v) is 7.32. The van der Waals surface area contributed by atoms with Gasteiger partial charge in [0.05, 0.1) is 14.2 Å². The Morgan fingerprint density at radius 2 is 1.48 bits per heavy atom. The minimum absolute atomic E-state index is 0.0462. The zero-order chi connectivity index (χ0) is 19.9. The molecule has 148 valence electrons. The lowest BCUT2D eigenvalue weighted by Crippen LogP contribution is -2.16. The molecule has 0 unspecified atom stereocenters. The van der Waals surface area contributed by atoms with E-state index in [-0.39, 0.29) is 5.41 Å². The fourth-order valence-corrected chi connectivity index (χ4v) is 2.80. The van der Waals surface area contributed by atoms with Gasteiger partial charge >= 0.3 is 0 Å². The summed E-state index contributed by atoms with van der Waals surface area (Å²) in [6, 6.07) is 11.8. The quantitative estimate of drug-likeness (QED) is 0.668. The first-order valence-electron chi connectivity index (χ1n) is 9.14. The van der Waals surface area contributed by atoms with Crippen LogP contribution in [0.3, 0.4) is 0 Å². The van der Waals surface area contributed by atoms with Crippen molar-refractivity contribution in [1.82, 2.24) is 5.32 Å². The summed E-state index contributed by atoms with van der Waals surface area (Å²) in [5.41, 5.74) is 2.20. The second-order valence-electron chi connectivity index (χ2n) is 7.32. The highest BCUT2D eigenvalue weighted by molar-refractivity contribution is 5.44. The number of benzene rings is 2. The van der Waals surface area contributed by atoms with Crippen LogP contribution in [0.25, 0.3) is 0 Å². The largest absolute Gasteiger partial charge is 0.497 e. The molecule has 5 heteroatoms. The van der Waals surface area contributed by atoms with Crippen molar-refractivity contribution in [2.24, 2.45) is 0 Å². The molecule has 0 bridgehead atoms. The molecule has 0 fully saturated rings. The average molecular weight is 373 g/mol. The van der Waals surface area contributed by atoms with Gasteiger partial charge < -0.3 is 24.3 Å². The fourth-order valence-electron chi connectivity index (χ4n) is 2.80. The first-order valence-corrected chi connectivity index (χ1v) is 9.14. The van der Waals surface area contributed by atoms with E-state index in [0.29, 0.717) is 13.2 Å². The summed E-state index contributed by atoms with van der Waals surface area (Å²) in [7, 11) is 5.23. The molecule has 0 heterocycles. The molecule has 0 saturated carbocycles. The molecule has 5 nitrogen and oxygen atoms in total. The van der Waals surface area contributed by atoms with Crippen molar-refractivity contribution in [3.8, 4) is 23.0 Å². The van der Waals surface area contributed by atoms with Gasteiger partial charge in [-0.3, -0.25) is 0 Å². The van der Waals surface area contributed by atoms with Crippen LogP contribution >= 0.6 is 0 Å². The molecule has 0 spiro atoms. The number of hydrogen-bond donors (Lipinski definition) is 1. The fraction of sp³-hybridized carbons (Fsp3) is 0.455. The zero-order valence-corrected chi connectivity index (χ0v) is 17.2. The van der Waals surface area contributed by atoms with Crippen LogP contribution in [-0.4, -0.2) is 34.5 Å². The molecule has 0 radical (unpaired) electrons. The van der Waals surface area contributed by atoms with Gasteiger partial charge in [0.25, 0.3) is 0 Å². The maximum absolute atomic E-state index is 6.00. The number of hydrogen-bond acceptors (Lipinski definition) is 5. The normalized spacial score (nSPS) is 11.2. The summed E-state index contributed by atoms with van der Waals surface area (Å²) in [6.07, 6.45) is 0. The highest BCUT2D eigenvalue weighted by Crippen LogP contribution is 2.34. The lowest BCUT2D eigenvalue weighted by Gasteiger charge is -2.23. The topological polar surface area (TPSA) is 49.0 Å². The van der Waals surface area contributed by atoms with Gasteiger partial charge in [-0.2, -0.15) is 0 Å². The van der Waals surface area contributed by atoms with Crippen molar-refractivity contribution >= 4 is 0 Å².